The molecule has 1 fully saturated rings. The predicted octanol–water partition coefficient (Wildman–Crippen LogP) is 1.71. The minimum atomic E-state index is -0.214. The molecular weight excluding hydrogens is 241 g/mol. The van der Waals surface area contributed by atoms with Gasteiger partial charge >= 0.3 is 0 Å². The van der Waals surface area contributed by atoms with Gasteiger partial charge in [-0.1, -0.05) is 19.1 Å². The summed E-state index contributed by atoms with van der Waals surface area (Å²) in [6.45, 7) is 5.17. The van der Waals surface area contributed by atoms with E-state index in [9.17, 15) is 4.39 Å². The molecule has 1 aliphatic rings. The molecule has 106 valence electrons. The third-order valence-electron chi connectivity index (χ3n) is 4.04. The molecule has 1 saturated heterocycles. The van der Waals surface area contributed by atoms with Crippen LogP contribution in [0.1, 0.15) is 18.5 Å². The van der Waals surface area contributed by atoms with Gasteiger partial charge in [-0.2, -0.15) is 0 Å². The van der Waals surface area contributed by atoms with Gasteiger partial charge in [0.05, 0.1) is 0 Å². The minimum absolute atomic E-state index is 0.121. The van der Waals surface area contributed by atoms with Gasteiger partial charge in [-0.05, 0) is 37.7 Å². The van der Waals surface area contributed by atoms with Crippen molar-refractivity contribution in [1.82, 2.24) is 9.80 Å². The second-order valence-electron chi connectivity index (χ2n) is 5.89. The van der Waals surface area contributed by atoms with Crippen LogP contribution in [0, 0.1) is 11.7 Å². The van der Waals surface area contributed by atoms with Gasteiger partial charge in [0, 0.05) is 31.7 Å². The van der Waals surface area contributed by atoms with Crippen LogP contribution in [0.4, 0.5) is 4.39 Å². The molecule has 0 bridgehead atoms. The lowest BCUT2D eigenvalue weighted by atomic mass is 10.1. The second kappa shape index (κ2) is 5.99. The van der Waals surface area contributed by atoms with Gasteiger partial charge in [-0.3, -0.25) is 4.90 Å². The van der Waals surface area contributed by atoms with Gasteiger partial charge in [-0.25, -0.2) is 4.39 Å². The zero-order valence-corrected chi connectivity index (χ0v) is 12.0. The van der Waals surface area contributed by atoms with Crippen LogP contribution in [-0.4, -0.2) is 49.6 Å². The van der Waals surface area contributed by atoms with E-state index < -0.39 is 0 Å². The zero-order valence-electron chi connectivity index (χ0n) is 12.0. The largest absolute Gasteiger partial charge is 0.323 e. The van der Waals surface area contributed by atoms with Crippen molar-refractivity contribution in [3.8, 4) is 0 Å². The highest BCUT2D eigenvalue weighted by molar-refractivity contribution is 5.20. The smallest absolute Gasteiger partial charge is 0.123 e. The van der Waals surface area contributed by atoms with Crippen molar-refractivity contribution in [2.24, 2.45) is 11.7 Å². The van der Waals surface area contributed by atoms with Crippen molar-refractivity contribution in [3.63, 3.8) is 0 Å². The van der Waals surface area contributed by atoms with Crippen LogP contribution >= 0.6 is 0 Å². The summed E-state index contributed by atoms with van der Waals surface area (Å²) in [5.41, 5.74) is 7.06. The van der Waals surface area contributed by atoms with E-state index in [4.69, 9.17) is 5.73 Å². The van der Waals surface area contributed by atoms with Gasteiger partial charge in [0.2, 0.25) is 0 Å². The number of halogens is 1. The number of likely N-dealkylation sites (tertiary alicyclic amines) is 1. The highest BCUT2D eigenvalue weighted by atomic mass is 19.1. The average Bonchev–Trinajstić information content (AvgIpc) is 2.70. The van der Waals surface area contributed by atoms with E-state index in [1.165, 1.54) is 12.1 Å². The normalized spacial score (nSPS) is 26.0. The molecule has 0 aliphatic carbocycles. The summed E-state index contributed by atoms with van der Waals surface area (Å²) in [4.78, 5) is 4.66. The van der Waals surface area contributed by atoms with Crippen LogP contribution in [0.3, 0.4) is 0 Å². The SMILES string of the molecule is CC1CN(CC(N)c2cccc(F)c2)CC1N(C)C. The molecule has 0 saturated carbocycles. The fraction of sp³-hybridized carbons (Fsp3) is 0.600. The molecule has 0 amide bonds. The Morgan fingerprint density at radius 2 is 2.16 bits per heavy atom. The molecule has 1 aliphatic heterocycles. The van der Waals surface area contributed by atoms with Gasteiger partial charge in [-0.15, -0.1) is 0 Å². The van der Waals surface area contributed by atoms with E-state index in [0.29, 0.717) is 12.0 Å². The quantitative estimate of drug-likeness (QED) is 0.899. The summed E-state index contributed by atoms with van der Waals surface area (Å²) in [6.07, 6.45) is 0. The zero-order chi connectivity index (χ0) is 14.0. The van der Waals surface area contributed by atoms with E-state index >= 15 is 0 Å². The Balaban J connectivity index is 1.95. The van der Waals surface area contributed by atoms with Gasteiger partial charge < -0.3 is 10.6 Å². The Labute approximate surface area is 115 Å². The molecule has 1 aromatic rings. The maximum absolute atomic E-state index is 13.2. The molecular formula is C15H24FN3. The van der Waals surface area contributed by atoms with Crippen molar-refractivity contribution >= 4 is 0 Å². The molecule has 2 N–H and O–H groups in total. The highest BCUT2D eigenvalue weighted by Gasteiger charge is 2.31. The van der Waals surface area contributed by atoms with Crippen molar-refractivity contribution in [2.75, 3.05) is 33.7 Å². The lowest BCUT2D eigenvalue weighted by Gasteiger charge is -2.23. The molecule has 3 unspecified atom stereocenters. The molecule has 0 radical (unpaired) electrons. The summed E-state index contributed by atoms with van der Waals surface area (Å²) < 4.78 is 13.2. The van der Waals surface area contributed by atoms with Crippen LogP contribution in [0.2, 0.25) is 0 Å². The highest BCUT2D eigenvalue weighted by Crippen LogP contribution is 2.22. The number of hydrogen-bond acceptors (Lipinski definition) is 3. The van der Waals surface area contributed by atoms with Gasteiger partial charge in [0.25, 0.3) is 0 Å². The molecule has 1 heterocycles. The fourth-order valence-corrected chi connectivity index (χ4v) is 2.99. The standard InChI is InChI=1S/C15H24FN3/c1-11-8-19(10-15(11)18(2)3)9-14(17)12-5-4-6-13(16)7-12/h4-7,11,14-15H,8-10,17H2,1-3H3. The van der Waals surface area contributed by atoms with Crippen molar-refractivity contribution < 1.29 is 4.39 Å². The second-order valence-corrected chi connectivity index (χ2v) is 5.89. The average molecular weight is 265 g/mol. The number of rotatable bonds is 4. The number of hydrogen-bond donors (Lipinski definition) is 1. The maximum atomic E-state index is 13.2. The molecule has 4 heteroatoms. The van der Waals surface area contributed by atoms with Gasteiger partial charge in [0.15, 0.2) is 0 Å². The van der Waals surface area contributed by atoms with Gasteiger partial charge in [0.1, 0.15) is 5.82 Å². The first-order valence-electron chi connectivity index (χ1n) is 6.87. The van der Waals surface area contributed by atoms with Crippen LogP contribution in [0.15, 0.2) is 24.3 Å². The van der Waals surface area contributed by atoms with Crippen molar-refractivity contribution in [1.29, 1.82) is 0 Å². The van der Waals surface area contributed by atoms with Crippen LogP contribution in [0.5, 0.6) is 0 Å². The Morgan fingerprint density at radius 1 is 1.42 bits per heavy atom. The first-order chi connectivity index (χ1) is 8.97. The number of nitrogens with zero attached hydrogens (tertiary/aromatic N) is 2. The number of benzene rings is 1. The molecule has 2 rings (SSSR count). The Hall–Kier alpha value is -0.970. The lowest BCUT2D eigenvalue weighted by molar-refractivity contribution is 0.248. The van der Waals surface area contributed by atoms with Crippen molar-refractivity contribution in [2.45, 2.75) is 19.0 Å². The van der Waals surface area contributed by atoms with E-state index in [-0.39, 0.29) is 11.9 Å². The first kappa shape index (κ1) is 14.4. The number of nitrogens with two attached hydrogens (primary N) is 1. The van der Waals surface area contributed by atoms with E-state index in [1.54, 1.807) is 6.07 Å². The minimum Gasteiger partial charge on any atom is -0.323 e. The van der Waals surface area contributed by atoms with E-state index in [0.717, 1.165) is 25.2 Å². The predicted molar refractivity (Wildman–Crippen MR) is 76.4 cm³/mol. The summed E-state index contributed by atoms with van der Waals surface area (Å²) in [5, 5.41) is 0. The Bertz CT molecular complexity index is 422. The third kappa shape index (κ3) is 3.53. The summed E-state index contributed by atoms with van der Waals surface area (Å²) in [6, 6.07) is 7.07. The lowest BCUT2D eigenvalue weighted by Crippen LogP contribution is -2.36. The Kier molecular flexibility index (Phi) is 4.55. The monoisotopic (exact) mass is 265 g/mol. The molecule has 0 spiro atoms. The Morgan fingerprint density at radius 3 is 2.74 bits per heavy atom. The van der Waals surface area contributed by atoms with Crippen LogP contribution < -0.4 is 5.73 Å². The van der Waals surface area contributed by atoms with E-state index in [2.05, 4.69) is 30.8 Å². The number of likely N-dealkylation sites (N-methyl/N-ethyl adjacent to an activating group) is 1. The summed E-state index contributed by atoms with van der Waals surface area (Å²) >= 11 is 0. The fourth-order valence-electron chi connectivity index (χ4n) is 2.99. The molecule has 19 heavy (non-hydrogen) atoms. The molecule has 3 atom stereocenters. The van der Waals surface area contributed by atoms with Crippen LogP contribution in [0.25, 0.3) is 0 Å². The topological polar surface area (TPSA) is 32.5 Å². The summed E-state index contributed by atoms with van der Waals surface area (Å²) in [7, 11) is 4.24. The van der Waals surface area contributed by atoms with E-state index in [1.807, 2.05) is 6.07 Å². The van der Waals surface area contributed by atoms with Crippen LogP contribution in [-0.2, 0) is 0 Å². The molecule has 0 aromatic heterocycles. The molecule has 1 aromatic carbocycles. The third-order valence-corrected chi connectivity index (χ3v) is 4.04. The molecule has 3 nitrogen and oxygen atoms in total. The summed E-state index contributed by atoms with van der Waals surface area (Å²) in [5.74, 6) is 0.434. The van der Waals surface area contributed by atoms with Crippen molar-refractivity contribution in [3.05, 3.63) is 35.6 Å². The maximum Gasteiger partial charge on any atom is 0.123 e. The first-order valence-corrected chi connectivity index (χ1v) is 6.87.